The molecule has 1 aromatic heterocycles. The van der Waals surface area contributed by atoms with E-state index in [9.17, 15) is 14.4 Å². The smallest absolute Gasteiger partial charge is 0.339 e. The molecule has 0 bridgehead atoms. The van der Waals surface area contributed by atoms with Crippen LogP contribution in [-0.4, -0.2) is 29.9 Å². The molecule has 0 aliphatic heterocycles. The second-order valence-electron chi connectivity index (χ2n) is 5.81. The summed E-state index contributed by atoms with van der Waals surface area (Å²) in [4.78, 5) is 40.8. The third kappa shape index (κ3) is 4.44. The molecule has 1 unspecified atom stereocenters. The molecular weight excluding hydrogens is 382 g/mol. The molecule has 1 heterocycles. The van der Waals surface area contributed by atoms with E-state index < -0.39 is 24.0 Å². The van der Waals surface area contributed by atoms with E-state index >= 15 is 0 Å². The summed E-state index contributed by atoms with van der Waals surface area (Å²) >= 11 is 5.87. The lowest BCUT2D eigenvalue weighted by Gasteiger charge is -2.17. The van der Waals surface area contributed by atoms with Gasteiger partial charge in [-0.3, -0.25) is 10.1 Å². The number of pyridine rings is 1. The average molecular weight is 398 g/mol. The third-order valence-corrected chi connectivity index (χ3v) is 4.13. The van der Waals surface area contributed by atoms with E-state index in [1.807, 2.05) is 0 Å². The molecule has 0 radical (unpaired) electrons. The number of amides is 3. The molecule has 3 amide bonds. The van der Waals surface area contributed by atoms with E-state index in [4.69, 9.17) is 16.3 Å². The zero-order chi connectivity index (χ0) is 20.1. The van der Waals surface area contributed by atoms with Crippen molar-refractivity contribution in [2.24, 2.45) is 0 Å². The number of imide groups is 1. The van der Waals surface area contributed by atoms with Gasteiger partial charge in [0.15, 0.2) is 0 Å². The van der Waals surface area contributed by atoms with Crippen molar-refractivity contribution in [2.45, 2.75) is 6.10 Å². The number of urea groups is 1. The largest absolute Gasteiger partial charge is 0.444 e. The molecule has 0 aliphatic carbocycles. The Labute approximate surface area is 165 Å². The highest BCUT2D eigenvalue weighted by molar-refractivity contribution is 6.29. The Morgan fingerprint density at radius 1 is 1.04 bits per heavy atom. The van der Waals surface area contributed by atoms with Crippen molar-refractivity contribution in [1.29, 1.82) is 0 Å². The lowest BCUT2D eigenvalue weighted by Crippen LogP contribution is -2.41. The molecule has 1 atom stereocenters. The number of rotatable bonds is 4. The highest BCUT2D eigenvalue weighted by atomic mass is 35.5. The van der Waals surface area contributed by atoms with Crippen LogP contribution in [-0.2, 0) is 9.53 Å². The predicted octanol–water partition coefficient (Wildman–Crippen LogP) is 3.24. The van der Waals surface area contributed by atoms with Crippen molar-refractivity contribution in [3.8, 4) is 0 Å². The molecule has 3 rings (SSSR count). The highest BCUT2D eigenvalue weighted by Gasteiger charge is 2.27. The molecule has 2 N–H and O–H groups in total. The predicted molar refractivity (Wildman–Crippen MR) is 104 cm³/mol. The van der Waals surface area contributed by atoms with Crippen LogP contribution in [0.2, 0.25) is 5.15 Å². The van der Waals surface area contributed by atoms with Gasteiger partial charge in [0.25, 0.3) is 5.91 Å². The lowest BCUT2D eigenvalue weighted by atomic mass is 10.1. The Morgan fingerprint density at radius 3 is 2.50 bits per heavy atom. The van der Waals surface area contributed by atoms with Gasteiger partial charge in [-0.05, 0) is 30.3 Å². The number of nitrogens with one attached hydrogen (secondary N) is 2. The molecule has 3 aromatic rings. The van der Waals surface area contributed by atoms with E-state index in [2.05, 4.69) is 15.6 Å². The zero-order valence-electron chi connectivity index (χ0n) is 14.8. The van der Waals surface area contributed by atoms with Crippen molar-refractivity contribution >= 4 is 40.4 Å². The van der Waals surface area contributed by atoms with Crippen LogP contribution in [0, 0.1) is 0 Å². The van der Waals surface area contributed by atoms with Gasteiger partial charge in [0.05, 0.1) is 11.1 Å². The lowest BCUT2D eigenvalue weighted by molar-refractivity contribution is -0.129. The van der Waals surface area contributed by atoms with Gasteiger partial charge in [-0.25, -0.2) is 14.6 Å². The minimum absolute atomic E-state index is 0.241. The summed E-state index contributed by atoms with van der Waals surface area (Å²) in [5, 5.41) is 5.46. The number of fused-ring (bicyclic) bond motifs is 1. The summed E-state index contributed by atoms with van der Waals surface area (Å²) in [7, 11) is 1.38. The second kappa shape index (κ2) is 8.49. The van der Waals surface area contributed by atoms with Gasteiger partial charge in [-0.2, -0.15) is 0 Å². The van der Waals surface area contributed by atoms with Crippen LogP contribution >= 0.6 is 11.6 Å². The summed E-state index contributed by atoms with van der Waals surface area (Å²) in [5.74, 6) is -1.47. The maximum Gasteiger partial charge on any atom is 0.339 e. The number of aromatic nitrogens is 1. The number of nitrogens with zero attached hydrogens (tertiary/aromatic N) is 1. The summed E-state index contributed by atoms with van der Waals surface area (Å²) in [6.07, 6.45) is -1.29. The van der Waals surface area contributed by atoms with Gasteiger partial charge in [-0.15, -0.1) is 0 Å². The zero-order valence-corrected chi connectivity index (χ0v) is 15.6. The molecular formula is C20H16ClN3O4. The Kier molecular flexibility index (Phi) is 5.86. The quantitative estimate of drug-likeness (QED) is 0.520. The van der Waals surface area contributed by atoms with Crippen LogP contribution < -0.4 is 10.6 Å². The molecule has 0 aliphatic rings. The molecule has 7 nitrogen and oxygen atoms in total. The molecule has 8 heteroatoms. The fourth-order valence-electron chi connectivity index (χ4n) is 2.54. The van der Waals surface area contributed by atoms with E-state index in [0.29, 0.717) is 21.6 Å². The summed E-state index contributed by atoms with van der Waals surface area (Å²) in [6, 6.07) is 15.9. The monoisotopic (exact) mass is 397 g/mol. The van der Waals surface area contributed by atoms with Gasteiger partial charge in [0.2, 0.25) is 6.10 Å². The first-order valence-electron chi connectivity index (χ1n) is 8.33. The second-order valence-corrected chi connectivity index (χ2v) is 6.19. The van der Waals surface area contributed by atoms with Gasteiger partial charge in [0.1, 0.15) is 5.15 Å². The van der Waals surface area contributed by atoms with Gasteiger partial charge < -0.3 is 10.1 Å². The standard InChI is InChI=1S/C20H16ClN3O4/c1-22-20(27)24-18(25)17(12-5-3-2-4-6-12)28-19(26)14-7-9-15-13(11-14)8-10-16(21)23-15/h2-11,17H,1H3,(H2,22,24,25,27). The molecule has 28 heavy (non-hydrogen) atoms. The first-order chi connectivity index (χ1) is 13.5. The van der Waals surface area contributed by atoms with E-state index in [1.54, 1.807) is 54.6 Å². The fraction of sp³-hybridized carbons (Fsp3) is 0.100. The first kappa shape index (κ1) is 19.3. The topological polar surface area (TPSA) is 97.4 Å². The molecule has 0 saturated heterocycles. The van der Waals surface area contributed by atoms with Crippen LogP contribution in [0.25, 0.3) is 10.9 Å². The highest BCUT2D eigenvalue weighted by Crippen LogP contribution is 2.22. The number of benzene rings is 2. The van der Waals surface area contributed by atoms with Crippen molar-refractivity contribution < 1.29 is 19.1 Å². The van der Waals surface area contributed by atoms with Crippen molar-refractivity contribution in [2.75, 3.05) is 7.05 Å². The minimum atomic E-state index is -1.29. The van der Waals surface area contributed by atoms with Crippen LogP contribution in [0.3, 0.4) is 0 Å². The van der Waals surface area contributed by atoms with Gasteiger partial charge in [0, 0.05) is 18.0 Å². The number of halogens is 1. The molecule has 0 saturated carbocycles. The van der Waals surface area contributed by atoms with Crippen LogP contribution in [0.4, 0.5) is 4.79 Å². The number of ether oxygens (including phenoxy) is 1. The van der Waals surface area contributed by atoms with Crippen LogP contribution in [0.5, 0.6) is 0 Å². The fourth-order valence-corrected chi connectivity index (χ4v) is 2.70. The first-order valence-corrected chi connectivity index (χ1v) is 8.70. The van der Waals surface area contributed by atoms with Crippen molar-refractivity contribution in [3.05, 3.63) is 76.9 Å². The van der Waals surface area contributed by atoms with Crippen LogP contribution in [0.15, 0.2) is 60.7 Å². The Hall–Kier alpha value is -3.45. The van der Waals surface area contributed by atoms with E-state index in [-0.39, 0.29) is 5.56 Å². The molecule has 2 aromatic carbocycles. The SMILES string of the molecule is CNC(=O)NC(=O)C(OC(=O)c1ccc2nc(Cl)ccc2c1)c1ccccc1. The number of hydrogen-bond acceptors (Lipinski definition) is 5. The molecule has 0 spiro atoms. The minimum Gasteiger partial charge on any atom is -0.444 e. The number of carbonyl (C=O) groups excluding carboxylic acids is 3. The summed E-state index contributed by atoms with van der Waals surface area (Å²) in [5.41, 5.74) is 1.30. The van der Waals surface area contributed by atoms with E-state index in [0.717, 1.165) is 0 Å². The molecule has 0 fully saturated rings. The Morgan fingerprint density at radius 2 is 1.79 bits per heavy atom. The van der Waals surface area contributed by atoms with E-state index in [1.165, 1.54) is 13.1 Å². The average Bonchev–Trinajstić information content (AvgIpc) is 2.71. The Bertz CT molecular complexity index is 1040. The normalized spacial score (nSPS) is 11.5. The molecule has 142 valence electrons. The van der Waals surface area contributed by atoms with Crippen LogP contribution in [0.1, 0.15) is 22.0 Å². The third-order valence-electron chi connectivity index (χ3n) is 3.92. The summed E-state index contributed by atoms with van der Waals surface area (Å²) < 4.78 is 5.42. The van der Waals surface area contributed by atoms with Crippen molar-refractivity contribution in [3.63, 3.8) is 0 Å². The van der Waals surface area contributed by atoms with Crippen molar-refractivity contribution in [1.82, 2.24) is 15.6 Å². The maximum absolute atomic E-state index is 12.6. The van der Waals surface area contributed by atoms with Gasteiger partial charge >= 0.3 is 12.0 Å². The summed E-state index contributed by atoms with van der Waals surface area (Å²) in [6.45, 7) is 0. The number of hydrogen-bond donors (Lipinski definition) is 2. The number of esters is 1. The number of carbonyl (C=O) groups is 3. The van der Waals surface area contributed by atoms with Gasteiger partial charge in [-0.1, -0.05) is 41.9 Å². The maximum atomic E-state index is 12.6. The Balaban J connectivity index is 1.87.